The molecule has 4 atom stereocenters. The Hall–Kier alpha value is -7.72. The van der Waals surface area contributed by atoms with E-state index >= 15 is 0 Å². The van der Waals surface area contributed by atoms with E-state index in [0.29, 0.717) is 29.7 Å². The number of unbranched alkanes of at least 4 members (excludes halogenated alkanes) is 1. The third-order valence-corrected chi connectivity index (χ3v) is 15.2. The Balaban J connectivity index is 0.756. The molecule has 8 rings (SSSR count). The first kappa shape index (κ1) is 56.5. The number of carbonyl (C=O) groups excluding carboxylic acids is 7. The number of aromatic hydroxyl groups is 1. The molecule has 78 heavy (non-hydrogen) atoms. The van der Waals surface area contributed by atoms with Crippen LogP contribution in [0.2, 0.25) is 0 Å². The standard InChI is InChI=1S/C56H66FN9O11S/c1-32-48(78-31-61-32)35-13-14-36(28-60-51(72)42-26-37(67)29-66(42)53(74)49(55(2,3)4)63-54(75)56(57)19-20-56)44(25-35)76-30-47(70)58-21-9-8-12-46(69)59-22-23-65(5)52(73)39-17-15-34(24-43(39)68)45-27-41(64-77-45)50(71)62-40-18-16-33-10-6-7-11-38(33)40/h6-7,10-11,13-15,17,24-25,27,31,37,40,42,49,67-68H,8-9,12,16,18-23,26,28-30H2,1-5H3,(H,58,70)(H,59,69)(H,60,72)(H,62,71)(H,63,75)/t37-,40-,42+,49-/m1/s1. The zero-order valence-electron chi connectivity index (χ0n) is 44.3. The van der Waals surface area contributed by atoms with Gasteiger partial charge in [0, 0.05) is 69.8 Å². The number of aliphatic hydroxyl groups excluding tert-OH is 1. The van der Waals surface area contributed by atoms with Crippen LogP contribution in [-0.2, 0) is 36.9 Å². The van der Waals surface area contributed by atoms with Gasteiger partial charge in [-0.2, -0.15) is 0 Å². The zero-order valence-corrected chi connectivity index (χ0v) is 45.1. The molecule has 7 N–H and O–H groups in total. The number of carbonyl (C=O) groups is 7. The van der Waals surface area contributed by atoms with Crippen LogP contribution >= 0.6 is 11.3 Å². The average Bonchev–Trinajstić information content (AvgIpc) is 3.89. The number of likely N-dealkylation sites (N-methyl/N-ethyl adjacent to an activating group) is 1. The van der Waals surface area contributed by atoms with Crippen molar-refractivity contribution < 1.29 is 57.4 Å². The van der Waals surface area contributed by atoms with E-state index in [0.717, 1.165) is 34.5 Å². The molecule has 0 bridgehead atoms. The predicted octanol–water partition coefficient (Wildman–Crippen LogP) is 5.06. The van der Waals surface area contributed by atoms with E-state index in [2.05, 4.69) is 36.7 Å². The second-order valence-electron chi connectivity index (χ2n) is 21.2. The molecule has 7 amide bonds. The summed E-state index contributed by atoms with van der Waals surface area (Å²) in [6, 6.07) is 16.8. The maximum atomic E-state index is 14.7. The summed E-state index contributed by atoms with van der Waals surface area (Å²) in [5.74, 6) is -3.29. The van der Waals surface area contributed by atoms with E-state index in [4.69, 9.17) is 9.26 Å². The molecule has 3 aromatic carbocycles. The van der Waals surface area contributed by atoms with Crippen molar-refractivity contribution >= 4 is 52.7 Å². The number of alkyl halides is 1. The lowest BCUT2D eigenvalue weighted by molar-refractivity contribution is -0.145. The van der Waals surface area contributed by atoms with Crippen molar-refractivity contribution in [1.29, 1.82) is 0 Å². The second kappa shape index (κ2) is 24.3. The van der Waals surface area contributed by atoms with Gasteiger partial charge < -0.3 is 55.9 Å². The van der Waals surface area contributed by atoms with Gasteiger partial charge in [-0.15, -0.1) is 11.3 Å². The summed E-state index contributed by atoms with van der Waals surface area (Å²) in [5, 5.41) is 39.4. The number of aromatic nitrogens is 2. The Morgan fingerprint density at radius 1 is 0.962 bits per heavy atom. The molecule has 0 radical (unpaired) electrons. The highest BCUT2D eigenvalue weighted by Crippen LogP contribution is 2.41. The summed E-state index contributed by atoms with van der Waals surface area (Å²) in [6.45, 7) is 7.04. The van der Waals surface area contributed by atoms with Gasteiger partial charge in [0.05, 0.1) is 33.8 Å². The smallest absolute Gasteiger partial charge is 0.273 e. The van der Waals surface area contributed by atoms with Crippen LogP contribution in [0.4, 0.5) is 4.39 Å². The largest absolute Gasteiger partial charge is 0.507 e. The molecule has 414 valence electrons. The van der Waals surface area contributed by atoms with E-state index in [9.17, 15) is 48.2 Å². The van der Waals surface area contributed by atoms with Crippen LogP contribution < -0.4 is 31.3 Å². The Morgan fingerprint density at radius 3 is 2.45 bits per heavy atom. The van der Waals surface area contributed by atoms with Gasteiger partial charge >= 0.3 is 0 Å². The number of hydrogen-bond donors (Lipinski definition) is 7. The number of likely N-dealkylation sites (tertiary alicyclic amines) is 1. The maximum Gasteiger partial charge on any atom is 0.273 e. The molecule has 5 aromatic rings. The highest BCUT2D eigenvalue weighted by Gasteiger charge is 2.53. The van der Waals surface area contributed by atoms with E-state index < -0.39 is 58.8 Å². The van der Waals surface area contributed by atoms with E-state index in [1.54, 1.807) is 51.5 Å². The van der Waals surface area contributed by atoms with E-state index in [-0.39, 0.29) is 106 Å². The van der Waals surface area contributed by atoms with Crippen molar-refractivity contribution in [2.45, 2.75) is 116 Å². The third kappa shape index (κ3) is 13.7. The highest BCUT2D eigenvalue weighted by atomic mass is 32.1. The van der Waals surface area contributed by atoms with Gasteiger partial charge in [-0.25, -0.2) is 9.37 Å². The molecule has 22 heteroatoms. The molecule has 20 nitrogen and oxygen atoms in total. The summed E-state index contributed by atoms with van der Waals surface area (Å²) >= 11 is 1.43. The minimum atomic E-state index is -2.01. The lowest BCUT2D eigenvalue weighted by Crippen LogP contribution is -2.59. The molecular weight excluding hydrogens is 1030 g/mol. The minimum absolute atomic E-state index is 0.0364. The van der Waals surface area contributed by atoms with Crippen LogP contribution in [-0.4, -0.2) is 135 Å². The molecule has 0 spiro atoms. The number of phenols is 1. The number of phenolic OH excluding ortho intramolecular Hbond substituents is 1. The van der Waals surface area contributed by atoms with Crippen molar-refractivity contribution in [1.82, 2.24) is 46.5 Å². The molecule has 3 aliphatic rings. The number of nitrogens with zero attached hydrogens (tertiary/aromatic N) is 4. The van der Waals surface area contributed by atoms with Gasteiger partial charge in [-0.3, -0.25) is 33.6 Å². The van der Waals surface area contributed by atoms with Crippen molar-refractivity contribution in [2.75, 3.05) is 39.8 Å². The topological polar surface area (TPSA) is 275 Å². The minimum Gasteiger partial charge on any atom is -0.507 e. The molecule has 2 aliphatic carbocycles. The number of ether oxygens (including phenoxy) is 1. The molecular formula is C56H66FN9O11S. The molecule has 0 unspecified atom stereocenters. The number of rotatable bonds is 22. The van der Waals surface area contributed by atoms with Crippen LogP contribution in [0.15, 0.2) is 76.8 Å². The number of benzene rings is 3. The lowest BCUT2D eigenvalue weighted by Gasteiger charge is -2.35. The molecule has 3 heterocycles. The van der Waals surface area contributed by atoms with Crippen molar-refractivity contribution in [3.05, 3.63) is 106 Å². The molecule has 1 saturated carbocycles. The Morgan fingerprint density at radius 2 is 1.72 bits per heavy atom. The van der Waals surface area contributed by atoms with Crippen molar-refractivity contribution in [2.24, 2.45) is 5.41 Å². The number of aliphatic hydroxyl groups is 1. The molecule has 2 fully saturated rings. The van der Waals surface area contributed by atoms with Gasteiger partial charge in [0.2, 0.25) is 17.7 Å². The van der Waals surface area contributed by atoms with Crippen LogP contribution in [0.25, 0.3) is 21.8 Å². The number of thiazole rings is 1. The zero-order chi connectivity index (χ0) is 55.9. The molecule has 1 saturated heterocycles. The number of amides is 7. The number of aryl methyl sites for hydroxylation is 2. The van der Waals surface area contributed by atoms with Gasteiger partial charge in [0.15, 0.2) is 23.7 Å². The number of fused-ring (bicyclic) bond motifs is 1. The maximum absolute atomic E-state index is 14.7. The fourth-order valence-corrected chi connectivity index (χ4v) is 10.3. The van der Waals surface area contributed by atoms with Gasteiger partial charge in [0.25, 0.3) is 23.6 Å². The number of halogens is 1. The number of nitrogens with one attached hydrogen (secondary N) is 5. The Bertz CT molecular complexity index is 3060. The highest BCUT2D eigenvalue weighted by molar-refractivity contribution is 7.13. The second-order valence-corrected chi connectivity index (χ2v) is 22.0. The molecule has 2 aromatic heterocycles. The van der Waals surface area contributed by atoms with Crippen LogP contribution in [0.1, 0.15) is 115 Å². The fraction of sp³-hybridized carbons (Fsp3) is 0.446. The van der Waals surface area contributed by atoms with Gasteiger partial charge in [0.1, 0.15) is 23.6 Å². The third-order valence-electron chi connectivity index (χ3n) is 14.2. The lowest BCUT2D eigenvalue weighted by atomic mass is 9.85. The van der Waals surface area contributed by atoms with Crippen LogP contribution in [0, 0.1) is 12.3 Å². The van der Waals surface area contributed by atoms with Crippen LogP contribution in [0.5, 0.6) is 11.5 Å². The summed E-state index contributed by atoms with van der Waals surface area (Å²) in [5.41, 5.74) is 3.79. The van der Waals surface area contributed by atoms with Crippen molar-refractivity contribution in [3.63, 3.8) is 0 Å². The summed E-state index contributed by atoms with van der Waals surface area (Å²) < 4.78 is 26.1. The molecule has 1 aliphatic heterocycles. The van der Waals surface area contributed by atoms with Crippen molar-refractivity contribution in [3.8, 4) is 33.3 Å². The summed E-state index contributed by atoms with van der Waals surface area (Å²) in [4.78, 5) is 100. The summed E-state index contributed by atoms with van der Waals surface area (Å²) in [7, 11) is 1.55. The predicted molar refractivity (Wildman–Crippen MR) is 286 cm³/mol. The first-order chi connectivity index (χ1) is 37.2. The fourth-order valence-electron chi connectivity index (χ4n) is 9.49. The SMILES string of the molecule is Cc1ncsc1-c1ccc(CNC(=O)[C@@H]2C[C@@H](O)CN2C(=O)[C@@H](NC(=O)C2(F)CC2)C(C)(C)C)c(OCC(=O)NCCCCC(=O)NCCN(C)C(=O)c2ccc(-c3cc(C(=O)N[C@@H]4CCc5ccccc54)no3)cc2O)c1. The van der Waals surface area contributed by atoms with E-state index in [1.165, 1.54) is 44.9 Å². The Labute approximate surface area is 454 Å². The van der Waals surface area contributed by atoms with Gasteiger partial charge in [-0.05, 0) is 85.8 Å². The first-order valence-corrected chi connectivity index (χ1v) is 27.0. The monoisotopic (exact) mass is 1090 g/mol. The van der Waals surface area contributed by atoms with Crippen LogP contribution in [0.3, 0.4) is 0 Å². The number of hydrogen-bond acceptors (Lipinski definition) is 14. The normalized spacial score (nSPS) is 17.6. The average molecular weight is 1090 g/mol. The number of β-amino-alcohol motifs (C(OH)–C–C–N with tert-alkyl or cyclic N) is 1. The quantitative estimate of drug-likeness (QED) is 0.0447. The summed E-state index contributed by atoms with van der Waals surface area (Å²) in [6.07, 6.45) is 1.86. The first-order valence-electron chi connectivity index (χ1n) is 26.1. The van der Waals surface area contributed by atoms with E-state index in [1.807, 2.05) is 37.3 Å². The van der Waals surface area contributed by atoms with Gasteiger partial charge in [-0.1, -0.05) is 68.4 Å². The Kier molecular flexibility index (Phi) is 17.6.